The number of alkyl halides is 3. The molecule has 0 unspecified atom stereocenters. The van der Waals surface area contributed by atoms with Gasteiger partial charge in [-0.05, 0) is 25.5 Å². The van der Waals surface area contributed by atoms with E-state index in [2.05, 4.69) is 4.98 Å². The summed E-state index contributed by atoms with van der Waals surface area (Å²) in [6, 6.07) is 4.83. The number of pyridine rings is 1. The fourth-order valence-corrected chi connectivity index (χ4v) is 5.41. The van der Waals surface area contributed by atoms with Crippen molar-refractivity contribution in [1.29, 1.82) is 0 Å². The zero-order valence-electron chi connectivity index (χ0n) is 16.0. The second kappa shape index (κ2) is 7.99. The molecule has 2 aromatic rings. The number of methoxy groups -OCH3 is 1. The van der Waals surface area contributed by atoms with E-state index in [9.17, 15) is 22.9 Å². The zero-order valence-corrected chi connectivity index (χ0v) is 16.9. The van der Waals surface area contributed by atoms with Gasteiger partial charge in [0.25, 0.3) is 0 Å². The number of aryl methyl sites for hydroxylation is 2. The van der Waals surface area contributed by atoms with Gasteiger partial charge < -0.3 is 4.74 Å². The molecule has 29 heavy (non-hydrogen) atoms. The summed E-state index contributed by atoms with van der Waals surface area (Å²) in [7, 11) is -2.64. The summed E-state index contributed by atoms with van der Waals surface area (Å²) >= 11 is 0. The van der Waals surface area contributed by atoms with Crippen molar-refractivity contribution < 1.29 is 36.6 Å². The first-order chi connectivity index (χ1) is 13.6. The van der Waals surface area contributed by atoms with Crippen LogP contribution in [0.4, 0.5) is 13.2 Å². The number of esters is 1. The molecular weight excluding hydrogens is 410 g/mol. The Morgan fingerprint density at radius 3 is 2.38 bits per heavy atom. The lowest BCUT2D eigenvalue weighted by atomic mass is 9.93. The van der Waals surface area contributed by atoms with E-state index < -0.39 is 25.7 Å². The summed E-state index contributed by atoms with van der Waals surface area (Å²) in [6.07, 6.45) is -4.17. The fourth-order valence-electron chi connectivity index (χ4n) is 3.35. The lowest BCUT2D eigenvalue weighted by Crippen LogP contribution is -2.29. The second-order valence-electron chi connectivity index (χ2n) is 6.46. The minimum absolute atomic E-state index is 0.0418. The molecule has 0 saturated carbocycles. The van der Waals surface area contributed by atoms with Crippen molar-refractivity contribution in [1.82, 2.24) is 4.98 Å². The molecule has 2 heterocycles. The van der Waals surface area contributed by atoms with Crippen LogP contribution in [-0.2, 0) is 20.0 Å². The first-order valence-corrected chi connectivity index (χ1v) is 10.4. The van der Waals surface area contributed by atoms with E-state index in [-0.39, 0.29) is 46.6 Å². The van der Waals surface area contributed by atoms with Crippen LogP contribution in [0.2, 0.25) is 0 Å². The minimum atomic E-state index is -4.69. The monoisotopic (exact) mass is 430 g/mol. The number of carbonyl (C=O) groups excluding carboxylic acids is 1. The molecule has 0 bridgehead atoms. The van der Waals surface area contributed by atoms with Crippen LogP contribution in [0.3, 0.4) is 0 Å². The van der Waals surface area contributed by atoms with E-state index >= 15 is 0 Å². The maximum Gasteiger partial charge on any atom is 0.448 e. The molecule has 1 aliphatic rings. The van der Waals surface area contributed by atoms with Crippen LogP contribution in [0, 0.1) is 13.8 Å². The molecule has 1 aromatic carbocycles. The molecule has 1 aliphatic heterocycles. The average Bonchev–Trinajstić information content (AvgIpc) is 2.66. The summed E-state index contributed by atoms with van der Waals surface area (Å²) in [5, 5.41) is -0.0418. The number of ether oxygens (including phenoxy) is 1. The summed E-state index contributed by atoms with van der Waals surface area (Å²) < 4.78 is 57.1. The number of aromatic nitrogens is 1. The third kappa shape index (κ3) is 4.00. The SMILES string of the molecule is COC(=O)c1c(C)nc(C)c([P+]2(O)OCCCO2)c1-c1ccccc1C(F)(F)F. The van der Waals surface area contributed by atoms with Crippen molar-refractivity contribution >= 4 is 19.2 Å². The van der Waals surface area contributed by atoms with Gasteiger partial charge in [0.05, 0.1) is 35.2 Å². The van der Waals surface area contributed by atoms with E-state index in [4.69, 9.17) is 13.8 Å². The van der Waals surface area contributed by atoms with Crippen LogP contribution < -0.4 is 5.30 Å². The first-order valence-electron chi connectivity index (χ1n) is 8.77. The highest BCUT2D eigenvalue weighted by molar-refractivity contribution is 7.69. The van der Waals surface area contributed by atoms with E-state index in [1.165, 1.54) is 32.0 Å². The van der Waals surface area contributed by atoms with Crippen molar-refractivity contribution in [3.05, 3.63) is 46.8 Å². The Balaban J connectivity index is 2.46. The molecule has 0 aliphatic carbocycles. The van der Waals surface area contributed by atoms with Gasteiger partial charge in [0.15, 0.2) is 0 Å². The summed E-state index contributed by atoms with van der Waals surface area (Å²) in [6.45, 7) is 3.37. The molecule has 0 radical (unpaired) electrons. The standard InChI is InChI=1S/C19H20F3NO5P/c1-11-15(18(24)26-3)16(13-7-4-5-8-14(13)19(20,21)22)17(12(2)23-11)29(25)27-9-6-10-28-29/h4-5,7-8,25H,6,9-10H2,1-3H3/q+1. The van der Waals surface area contributed by atoms with Crippen LogP contribution in [0.15, 0.2) is 24.3 Å². The third-order valence-electron chi connectivity index (χ3n) is 4.52. The zero-order chi connectivity index (χ0) is 21.4. The number of hydrogen-bond donors (Lipinski definition) is 1. The van der Waals surface area contributed by atoms with Crippen molar-refractivity contribution in [3.8, 4) is 11.1 Å². The molecule has 0 amide bonds. The lowest BCUT2D eigenvalue weighted by molar-refractivity contribution is -0.137. The van der Waals surface area contributed by atoms with Crippen molar-refractivity contribution in [2.75, 3.05) is 20.3 Å². The van der Waals surface area contributed by atoms with E-state index in [0.29, 0.717) is 6.42 Å². The number of hydrogen-bond acceptors (Lipinski definition) is 6. The number of rotatable bonds is 3. The molecule has 10 heteroatoms. The van der Waals surface area contributed by atoms with Crippen LogP contribution in [-0.4, -0.2) is 36.2 Å². The largest absolute Gasteiger partial charge is 0.465 e. The maximum absolute atomic E-state index is 13.8. The molecule has 1 aromatic heterocycles. The summed E-state index contributed by atoms with van der Waals surface area (Å²) in [5.74, 6) is -0.869. The van der Waals surface area contributed by atoms with Gasteiger partial charge in [-0.2, -0.15) is 27.1 Å². The van der Waals surface area contributed by atoms with E-state index in [1.54, 1.807) is 0 Å². The Morgan fingerprint density at radius 1 is 1.17 bits per heavy atom. The quantitative estimate of drug-likeness (QED) is 0.586. The molecule has 1 fully saturated rings. The van der Waals surface area contributed by atoms with Crippen LogP contribution in [0.5, 0.6) is 0 Å². The van der Waals surface area contributed by atoms with Gasteiger partial charge in [0, 0.05) is 6.42 Å². The van der Waals surface area contributed by atoms with Crippen molar-refractivity contribution in [3.63, 3.8) is 0 Å². The lowest BCUT2D eigenvalue weighted by Gasteiger charge is -2.26. The van der Waals surface area contributed by atoms with Crippen LogP contribution >= 0.6 is 7.94 Å². The van der Waals surface area contributed by atoms with Gasteiger partial charge in [-0.1, -0.05) is 18.2 Å². The minimum Gasteiger partial charge on any atom is -0.465 e. The smallest absolute Gasteiger partial charge is 0.448 e. The Morgan fingerprint density at radius 2 is 1.79 bits per heavy atom. The van der Waals surface area contributed by atoms with Gasteiger partial charge in [-0.15, -0.1) is 0 Å². The normalized spacial score (nSPS) is 16.5. The molecule has 0 atom stereocenters. The van der Waals surface area contributed by atoms with Gasteiger partial charge in [-0.25, -0.2) is 4.79 Å². The molecule has 6 nitrogen and oxygen atoms in total. The highest BCUT2D eigenvalue weighted by Gasteiger charge is 2.52. The first kappa shape index (κ1) is 21.6. The number of nitrogens with zero attached hydrogens (tertiary/aromatic N) is 1. The maximum atomic E-state index is 13.8. The predicted octanol–water partition coefficient (Wildman–Crippen LogP) is 3.99. The molecular formula is C19H20F3NO5P+. The fraction of sp³-hybridized carbons (Fsp3) is 0.368. The second-order valence-corrected chi connectivity index (χ2v) is 8.46. The highest BCUT2D eigenvalue weighted by Crippen LogP contribution is 2.60. The molecule has 3 rings (SSSR count). The molecule has 0 spiro atoms. The predicted molar refractivity (Wildman–Crippen MR) is 101 cm³/mol. The van der Waals surface area contributed by atoms with Crippen LogP contribution in [0.1, 0.15) is 33.7 Å². The van der Waals surface area contributed by atoms with E-state index in [0.717, 1.165) is 13.2 Å². The number of halogens is 3. The van der Waals surface area contributed by atoms with Crippen molar-refractivity contribution in [2.24, 2.45) is 0 Å². The summed E-state index contributed by atoms with van der Waals surface area (Å²) in [4.78, 5) is 27.9. The van der Waals surface area contributed by atoms with Gasteiger partial charge in [0.2, 0.25) is 5.30 Å². The van der Waals surface area contributed by atoms with Gasteiger partial charge in [0.1, 0.15) is 13.2 Å². The topological polar surface area (TPSA) is 77.9 Å². The molecule has 1 N–H and O–H groups in total. The average molecular weight is 430 g/mol. The van der Waals surface area contributed by atoms with Crippen molar-refractivity contribution in [2.45, 2.75) is 26.4 Å². The summed E-state index contributed by atoms with van der Waals surface area (Å²) in [5.41, 5.74) is -1.15. The van der Waals surface area contributed by atoms with Gasteiger partial charge >= 0.3 is 20.1 Å². The number of carbonyl (C=O) groups is 1. The Hall–Kier alpha value is -2.06. The Labute approximate surface area is 166 Å². The molecule has 1 saturated heterocycles. The highest BCUT2D eigenvalue weighted by atomic mass is 31.2. The number of benzene rings is 1. The third-order valence-corrected chi connectivity index (χ3v) is 6.70. The Bertz CT molecular complexity index is 942. The van der Waals surface area contributed by atoms with Crippen LogP contribution in [0.25, 0.3) is 11.1 Å². The van der Waals surface area contributed by atoms with Gasteiger partial charge in [-0.3, -0.25) is 4.98 Å². The molecule has 156 valence electrons. The van der Waals surface area contributed by atoms with E-state index in [1.807, 2.05) is 0 Å². The Kier molecular flexibility index (Phi) is 5.96.